The first kappa shape index (κ1) is 12.8. The number of hydrogen-bond donors (Lipinski definition) is 3. The van der Waals surface area contributed by atoms with Crippen LogP contribution in [0, 0.1) is 11.8 Å². The fraction of sp³-hybridized carbons (Fsp3) is 0.923. The van der Waals surface area contributed by atoms with Crippen LogP contribution >= 0.6 is 0 Å². The molecule has 0 aromatic heterocycles. The van der Waals surface area contributed by atoms with Crippen molar-refractivity contribution in [3.05, 3.63) is 0 Å². The average molecular weight is 240 g/mol. The van der Waals surface area contributed by atoms with Crippen LogP contribution in [0.15, 0.2) is 0 Å². The van der Waals surface area contributed by atoms with Gasteiger partial charge in [-0.25, -0.2) is 0 Å². The standard InChI is InChI=1S/C13H24N2O2/c16-9-11-4-2-1-3-10(11)7-15-13(17)8-14-12-5-6-12/h10-12,14,16H,1-9H2,(H,15,17). The number of carbonyl (C=O) groups excluding carboxylic acids is 1. The fourth-order valence-electron chi connectivity index (χ4n) is 2.63. The smallest absolute Gasteiger partial charge is 0.233 e. The van der Waals surface area contributed by atoms with Crippen molar-refractivity contribution in [3.8, 4) is 0 Å². The van der Waals surface area contributed by atoms with E-state index in [0.29, 0.717) is 24.4 Å². The lowest BCUT2D eigenvalue weighted by molar-refractivity contribution is -0.120. The molecule has 0 bridgehead atoms. The normalized spacial score (nSPS) is 29.0. The van der Waals surface area contributed by atoms with Crippen molar-refractivity contribution < 1.29 is 9.90 Å². The summed E-state index contributed by atoms with van der Waals surface area (Å²) in [5.41, 5.74) is 0. The summed E-state index contributed by atoms with van der Waals surface area (Å²) >= 11 is 0. The number of aliphatic hydroxyl groups is 1. The van der Waals surface area contributed by atoms with Crippen molar-refractivity contribution in [3.63, 3.8) is 0 Å². The van der Waals surface area contributed by atoms with E-state index in [2.05, 4.69) is 10.6 Å². The summed E-state index contributed by atoms with van der Waals surface area (Å²) in [5, 5.41) is 15.5. The number of hydrogen-bond acceptors (Lipinski definition) is 3. The van der Waals surface area contributed by atoms with Crippen molar-refractivity contribution in [2.75, 3.05) is 19.7 Å². The Balaban J connectivity index is 1.62. The highest BCUT2D eigenvalue weighted by Crippen LogP contribution is 2.28. The van der Waals surface area contributed by atoms with Gasteiger partial charge in [0.05, 0.1) is 6.54 Å². The van der Waals surface area contributed by atoms with Gasteiger partial charge in [0.25, 0.3) is 0 Å². The van der Waals surface area contributed by atoms with Crippen molar-refractivity contribution in [2.24, 2.45) is 11.8 Å². The van der Waals surface area contributed by atoms with E-state index in [1.165, 1.54) is 25.7 Å². The van der Waals surface area contributed by atoms with Gasteiger partial charge < -0.3 is 15.7 Å². The van der Waals surface area contributed by atoms with Gasteiger partial charge in [0, 0.05) is 19.2 Å². The van der Waals surface area contributed by atoms with E-state index in [4.69, 9.17) is 0 Å². The van der Waals surface area contributed by atoms with Gasteiger partial charge in [0.15, 0.2) is 0 Å². The highest BCUT2D eigenvalue weighted by molar-refractivity contribution is 5.78. The highest BCUT2D eigenvalue weighted by Gasteiger charge is 2.25. The number of nitrogens with one attached hydrogen (secondary N) is 2. The Kier molecular flexibility index (Phi) is 4.80. The number of carbonyl (C=O) groups is 1. The molecule has 17 heavy (non-hydrogen) atoms. The summed E-state index contributed by atoms with van der Waals surface area (Å²) in [6.45, 7) is 1.44. The molecule has 0 aromatic rings. The van der Waals surface area contributed by atoms with Gasteiger partial charge in [0.1, 0.15) is 0 Å². The van der Waals surface area contributed by atoms with Crippen LogP contribution in [0.5, 0.6) is 0 Å². The second-order valence-corrected chi connectivity index (χ2v) is 5.45. The molecule has 2 aliphatic carbocycles. The Bertz CT molecular complexity index is 254. The number of rotatable bonds is 6. The third kappa shape index (κ3) is 4.28. The zero-order valence-electron chi connectivity index (χ0n) is 10.5. The van der Waals surface area contributed by atoms with Crippen LogP contribution in [0.2, 0.25) is 0 Å². The Morgan fingerprint density at radius 3 is 2.47 bits per heavy atom. The van der Waals surface area contributed by atoms with E-state index in [9.17, 15) is 9.90 Å². The molecule has 4 heteroatoms. The number of amides is 1. The monoisotopic (exact) mass is 240 g/mol. The molecule has 2 rings (SSSR count). The molecule has 0 saturated heterocycles. The molecule has 0 aliphatic heterocycles. The van der Waals surface area contributed by atoms with E-state index in [0.717, 1.165) is 19.4 Å². The zero-order chi connectivity index (χ0) is 12.1. The lowest BCUT2D eigenvalue weighted by Gasteiger charge is -2.30. The summed E-state index contributed by atoms with van der Waals surface area (Å²) in [5.74, 6) is 0.957. The molecular formula is C13H24N2O2. The van der Waals surface area contributed by atoms with E-state index in [-0.39, 0.29) is 12.5 Å². The molecule has 2 fully saturated rings. The topological polar surface area (TPSA) is 61.4 Å². The lowest BCUT2D eigenvalue weighted by atomic mass is 9.79. The first-order chi connectivity index (χ1) is 8.29. The minimum atomic E-state index is 0.0964. The van der Waals surface area contributed by atoms with Gasteiger partial charge in [-0.1, -0.05) is 12.8 Å². The Morgan fingerprint density at radius 1 is 1.12 bits per heavy atom. The van der Waals surface area contributed by atoms with Gasteiger partial charge in [-0.3, -0.25) is 4.79 Å². The molecule has 0 heterocycles. The third-order valence-electron chi connectivity index (χ3n) is 3.99. The first-order valence-electron chi connectivity index (χ1n) is 6.90. The van der Waals surface area contributed by atoms with Crippen molar-refractivity contribution >= 4 is 5.91 Å². The van der Waals surface area contributed by atoms with Crippen molar-refractivity contribution in [1.29, 1.82) is 0 Å². The maximum absolute atomic E-state index is 11.6. The first-order valence-corrected chi connectivity index (χ1v) is 6.90. The maximum Gasteiger partial charge on any atom is 0.233 e. The lowest BCUT2D eigenvalue weighted by Crippen LogP contribution is -2.40. The van der Waals surface area contributed by atoms with Gasteiger partial charge in [0.2, 0.25) is 5.91 Å². The summed E-state index contributed by atoms with van der Waals surface area (Å²) in [7, 11) is 0. The Morgan fingerprint density at radius 2 is 1.82 bits per heavy atom. The SMILES string of the molecule is O=C(CNC1CC1)NCC1CCCCC1CO. The van der Waals surface area contributed by atoms with Gasteiger partial charge in [-0.15, -0.1) is 0 Å². The molecule has 4 nitrogen and oxygen atoms in total. The molecule has 0 spiro atoms. The van der Waals surface area contributed by atoms with Crippen LogP contribution in [0.25, 0.3) is 0 Å². The van der Waals surface area contributed by atoms with Gasteiger partial charge in [-0.05, 0) is 37.5 Å². The van der Waals surface area contributed by atoms with E-state index >= 15 is 0 Å². The van der Waals surface area contributed by atoms with Crippen LogP contribution in [0.3, 0.4) is 0 Å². The van der Waals surface area contributed by atoms with Crippen molar-refractivity contribution in [2.45, 2.75) is 44.6 Å². The van der Waals surface area contributed by atoms with Crippen LogP contribution in [0.1, 0.15) is 38.5 Å². The molecule has 1 amide bonds. The summed E-state index contributed by atoms with van der Waals surface area (Å²) in [6, 6.07) is 0.584. The quantitative estimate of drug-likeness (QED) is 0.639. The zero-order valence-corrected chi connectivity index (χ0v) is 10.5. The Hall–Kier alpha value is -0.610. The van der Waals surface area contributed by atoms with Crippen LogP contribution in [-0.2, 0) is 4.79 Å². The summed E-state index contributed by atoms with van der Waals surface area (Å²) < 4.78 is 0. The molecule has 2 atom stereocenters. The minimum absolute atomic E-state index is 0.0964. The second-order valence-electron chi connectivity index (χ2n) is 5.45. The molecule has 2 saturated carbocycles. The molecule has 98 valence electrons. The van der Waals surface area contributed by atoms with Crippen LogP contribution < -0.4 is 10.6 Å². The van der Waals surface area contributed by atoms with Crippen molar-refractivity contribution in [1.82, 2.24) is 10.6 Å². The fourth-order valence-corrected chi connectivity index (χ4v) is 2.63. The van der Waals surface area contributed by atoms with Gasteiger partial charge >= 0.3 is 0 Å². The minimum Gasteiger partial charge on any atom is -0.396 e. The average Bonchev–Trinajstić information content (AvgIpc) is 3.18. The van der Waals surface area contributed by atoms with E-state index < -0.39 is 0 Å². The molecule has 2 aliphatic rings. The maximum atomic E-state index is 11.6. The highest BCUT2D eigenvalue weighted by atomic mass is 16.3. The van der Waals surface area contributed by atoms with Crippen LogP contribution in [0.4, 0.5) is 0 Å². The summed E-state index contributed by atoms with van der Waals surface area (Å²) in [4.78, 5) is 11.6. The second kappa shape index (κ2) is 6.36. The molecular weight excluding hydrogens is 216 g/mol. The largest absolute Gasteiger partial charge is 0.396 e. The van der Waals surface area contributed by atoms with Crippen LogP contribution in [-0.4, -0.2) is 36.8 Å². The molecule has 0 radical (unpaired) electrons. The predicted molar refractivity (Wildman–Crippen MR) is 66.6 cm³/mol. The number of aliphatic hydroxyl groups excluding tert-OH is 1. The third-order valence-corrected chi connectivity index (χ3v) is 3.99. The molecule has 3 N–H and O–H groups in total. The predicted octanol–water partition coefficient (Wildman–Crippen LogP) is 0.653. The van der Waals surface area contributed by atoms with E-state index in [1.54, 1.807) is 0 Å². The Labute approximate surface area is 103 Å². The molecule has 2 unspecified atom stereocenters. The molecule has 0 aromatic carbocycles. The van der Waals surface area contributed by atoms with E-state index in [1.807, 2.05) is 0 Å². The van der Waals surface area contributed by atoms with Gasteiger partial charge in [-0.2, -0.15) is 0 Å². The summed E-state index contributed by atoms with van der Waals surface area (Å²) in [6.07, 6.45) is 7.13.